The van der Waals surface area contributed by atoms with Crippen LogP contribution in [0.4, 0.5) is 5.69 Å². The highest BCUT2D eigenvalue weighted by atomic mass is 79.9. The zero-order valence-electron chi connectivity index (χ0n) is 13.6. The molecule has 0 fully saturated rings. The summed E-state index contributed by atoms with van der Waals surface area (Å²) in [5, 5.41) is 14.2. The van der Waals surface area contributed by atoms with Gasteiger partial charge in [-0.25, -0.2) is 4.79 Å². The fourth-order valence-corrected chi connectivity index (χ4v) is 2.42. The minimum absolute atomic E-state index is 0.00440. The van der Waals surface area contributed by atoms with Crippen molar-refractivity contribution < 1.29 is 24.2 Å². The minimum Gasteiger partial charge on any atom is -0.495 e. The number of rotatable bonds is 6. The van der Waals surface area contributed by atoms with E-state index < -0.39 is 11.9 Å². The summed E-state index contributed by atoms with van der Waals surface area (Å²) in [7, 11) is 1.44. The summed E-state index contributed by atoms with van der Waals surface area (Å²) in [5.74, 6) is -0.622. The van der Waals surface area contributed by atoms with Crippen molar-refractivity contribution in [2.24, 2.45) is 0 Å². The average Bonchev–Trinajstić information content (AvgIpc) is 2.61. The first-order valence-electron chi connectivity index (χ1n) is 7.29. The number of carboxylic acids is 1. The number of nitrogens with one attached hydrogen (secondary N) is 2. The number of halogens is 1. The Bertz CT molecular complexity index is 826. The van der Waals surface area contributed by atoms with E-state index in [0.29, 0.717) is 17.2 Å². The van der Waals surface area contributed by atoms with Gasteiger partial charge >= 0.3 is 5.97 Å². The number of methoxy groups -OCH3 is 1. The number of hydrogen-bond donors (Lipinski definition) is 3. The molecule has 0 aliphatic carbocycles. The van der Waals surface area contributed by atoms with Crippen LogP contribution >= 0.6 is 28.1 Å². The lowest BCUT2D eigenvalue weighted by Gasteiger charge is -2.13. The quantitative estimate of drug-likeness (QED) is 0.596. The van der Waals surface area contributed by atoms with Crippen LogP contribution in [-0.4, -0.2) is 35.8 Å². The number of benzene rings is 2. The summed E-state index contributed by atoms with van der Waals surface area (Å²) < 4.78 is 11.4. The van der Waals surface area contributed by atoms with Gasteiger partial charge in [0.1, 0.15) is 11.5 Å². The number of thiocarbonyl (C=S) groups is 1. The van der Waals surface area contributed by atoms with Gasteiger partial charge in [-0.15, -0.1) is 0 Å². The first-order valence-corrected chi connectivity index (χ1v) is 8.49. The molecule has 2 rings (SSSR count). The first-order chi connectivity index (χ1) is 12.4. The lowest BCUT2D eigenvalue weighted by Crippen LogP contribution is -2.37. The molecule has 0 radical (unpaired) electrons. The predicted octanol–water partition coefficient (Wildman–Crippen LogP) is 3.05. The molecule has 1 amide bonds. The number of ether oxygens (including phenoxy) is 2. The molecule has 3 N–H and O–H groups in total. The molecule has 0 aliphatic heterocycles. The van der Waals surface area contributed by atoms with Gasteiger partial charge in [0, 0.05) is 4.47 Å². The van der Waals surface area contributed by atoms with Crippen molar-refractivity contribution in [1.82, 2.24) is 5.32 Å². The maximum Gasteiger partial charge on any atom is 0.335 e. The van der Waals surface area contributed by atoms with E-state index in [1.165, 1.54) is 25.3 Å². The maximum atomic E-state index is 11.9. The second-order valence-corrected chi connectivity index (χ2v) is 6.29. The molecule has 0 atom stereocenters. The molecule has 26 heavy (non-hydrogen) atoms. The fraction of sp³-hybridized carbons (Fsp3) is 0.118. The Labute approximate surface area is 163 Å². The molecule has 0 bridgehead atoms. The Morgan fingerprint density at radius 1 is 1.19 bits per heavy atom. The van der Waals surface area contributed by atoms with Crippen LogP contribution in [0.1, 0.15) is 10.4 Å². The SMILES string of the molecule is COc1ccc(C(=O)O)cc1NC(=S)NC(=O)COc1ccc(Br)cc1. The van der Waals surface area contributed by atoms with Gasteiger partial charge < -0.3 is 19.9 Å². The summed E-state index contributed by atoms with van der Waals surface area (Å²) >= 11 is 8.38. The standard InChI is InChI=1S/C17H15BrN2O5S/c1-24-14-7-2-10(16(22)23)8-13(14)19-17(26)20-15(21)9-25-12-5-3-11(18)4-6-12/h2-8H,9H2,1H3,(H,22,23)(H2,19,20,21,26). The number of carbonyl (C=O) groups is 2. The van der Waals surface area contributed by atoms with Crippen LogP contribution in [-0.2, 0) is 4.79 Å². The number of anilines is 1. The van der Waals surface area contributed by atoms with Crippen molar-refractivity contribution in [2.75, 3.05) is 19.0 Å². The van der Waals surface area contributed by atoms with Gasteiger partial charge in [0.05, 0.1) is 18.4 Å². The lowest BCUT2D eigenvalue weighted by molar-refractivity contribution is -0.121. The minimum atomic E-state index is -1.09. The maximum absolute atomic E-state index is 11.9. The second-order valence-electron chi connectivity index (χ2n) is 4.97. The van der Waals surface area contributed by atoms with Crippen molar-refractivity contribution in [2.45, 2.75) is 0 Å². The second kappa shape index (κ2) is 9.16. The van der Waals surface area contributed by atoms with E-state index >= 15 is 0 Å². The predicted molar refractivity (Wildman–Crippen MR) is 104 cm³/mol. The van der Waals surface area contributed by atoms with E-state index in [4.69, 9.17) is 26.8 Å². The summed E-state index contributed by atoms with van der Waals surface area (Å²) in [6, 6.07) is 11.3. The van der Waals surface area contributed by atoms with Crippen molar-refractivity contribution in [3.63, 3.8) is 0 Å². The van der Waals surface area contributed by atoms with Gasteiger partial charge in [-0.3, -0.25) is 10.1 Å². The third-order valence-corrected chi connectivity index (χ3v) is 3.86. The van der Waals surface area contributed by atoms with Crippen LogP contribution in [0.3, 0.4) is 0 Å². The van der Waals surface area contributed by atoms with Gasteiger partial charge in [0.15, 0.2) is 11.7 Å². The van der Waals surface area contributed by atoms with Gasteiger partial charge in [0.2, 0.25) is 0 Å². The highest BCUT2D eigenvalue weighted by molar-refractivity contribution is 9.10. The van der Waals surface area contributed by atoms with E-state index in [1.54, 1.807) is 24.3 Å². The van der Waals surface area contributed by atoms with Crippen LogP contribution < -0.4 is 20.1 Å². The zero-order valence-corrected chi connectivity index (χ0v) is 16.0. The van der Waals surface area contributed by atoms with E-state index in [1.807, 2.05) is 0 Å². The van der Waals surface area contributed by atoms with Crippen LogP contribution in [0.2, 0.25) is 0 Å². The van der Waals surface area contributed by atoms with Crippen molar-refractivity contribution in [3.8, 4) is 11.5 Å². The first kappa shape index (κ1) is 19.7. The lowest BCUT2D eigenvalue weighted by atomic mass is 10.2. The number of aromatic carboxylic acids is 1. The molecule has 0 aliphatic rings. The van der Waals surface area contributed by atoms with Crippen molar-refractivity contribution >= 4 is 50.8 Å². The Morgan fingerprint density at radius 3 is 2.50 bits per heavy atom. The summed E-state index contributed by atoms with van der Waals surface area (Å²) in [6.45, 7) is -0.226. The molecule has 0 saturated heterocycles. The molecule has 7 nitrogen and oxygen atoms in total. The van der Waals surface area contributed by atoms with E-state index in [0.717, 1.165) is 4.47 Å². The number of amides is 1. The average molecular weight is 439 g/mol. The van der Waals surface area contributed by atoms with Crippen molar-refractivity contribution in [1.29, 1.82) is 0 Å². The van der Waals surface area contributed by atoms with Crippen LogP contribution in [0.15, 0.2) is 46.9 Å². The van der Waals surface area contributed by atoms with Crippen LogP contribution in [0.5, 0.6) is 11.5 Å². The van der Waals surface area contributed by atoms with Gasteiger partial charge in [-0.05, 0) is 54.7 Å². The highest BCUT2D eigenvalue weighted by Gasteiger charge is 2.12. The Balaban J connectivity index is 1.93. The Hall–Kier alpha value is -2.65. The van der Waals surface area contributed by atoms with Crippen LogP contribution in [0, 0.1) is 0 Å². The monoisotopic (exact) mass is 438 g/mol. The molecule has 2 aromatic carbocycles. The van der Waals surface area contributed by atoms with E-state index in [-0.39, 0.29) is 17.3 Å². The zero-order chi connectivity index (χ0) is 19.1. The molecule has 9 heteroatoms. The van der Waals surface area contributed by atoms with Crippen molar-refractivity contribution in [3.05, 3.63) is 52.5 Å². The summed E-state index contributed by atoms with van der Waals surface area (Å²) in [6.07, 6.45) is 0. The molecular formula is C17H15BrN2O5S. The molecule has 0 heterocycles. The normalized spacial score (nSPS) is 9.92. The van der Waals surface area contributed by atoms with Gasteiger partial charge in [-0.1, -0.05) is 15.9 Å². The Morgan fingerprint density at radius 2 is 1.88 bits per heavy atom. The molecule has 0 aromatic heterocycles. The van der Waals surface area contributed by atoms with Gasteiger partial charge in [0.25, 0.3) is 5.91 Å². The van der Waals surface area contributed by atoms with Crippen LogP contribution in [0.25, 0.3) is 0 Å². The largest absolute Gasteiger partial charge is 0.495 e. The molecule has 136 valence electrons. The number of carbonyl (C=O) groups excluding carboxylic acids is 1. The highest BCUT2D eigenvalue weighted by Crippen LogP contribution is 2.25. The number of carboxylic acid groups (broad SMARTS) is 1. The molecule has 0 spiro atoms. The topological polar surface area (TPSA) is 96.9 Å². The number of hydrogen-bond acceptors (Lipinski definition) is 5. The third kappa shape index (κ3) is 5.71. The molecular weight excluding hydrogens is 424 g/mol. The van der Waals surface area contributed by atoms with E-state index in [2.05, 4.69) is 26.6 Å². The summed E-state index contributed by atoms with van der Waals surface area (Å²) in [5.41, 5.74) is 0.382. The molecule has 0 saturated carbocycles. The van der Waals surface area contributed by atoms with Gasteiger partial charge in [-0.2, -0.15) is 0 Å². The smallest absolute Gasteiger partial charge is 0.335 e. The molecule has 2 aromatic rings. The van der Waals surface area contributed by atoms with E-state index in [9.17, 15) is 9.59 Å². The fourth-order valence-electron chi connectivity index (χ4n) is 1.93. The Kier molecular flexibility index (Phi) is 6.93. The summed E-state index contributed by atoms with van der Waals surface area (Å²) in [4.78, 5) is 23.0. The third-order valence-electron chi connectivity index (χ3n) is 3.13. The molecule has 0 unspecified atom stereocenters.